The molecule has 1 aliphatic heterocycles. The van der Waals surface area contributed by atoms with E-state index in [4.69, 9.17) is 0 Å². The van der Waals surface area contributed by atoms with Gasteiger partial charge in [-0.05, 0) is 17.9 Å². The lowest BCUT2D eigenvalue weighted by atomic mass is 10.2. The second-order valence-electron chi connectivity index (χ2n) is 4.95. The van der Waals surface area contributed by atoms with Crippen LogP contribution in [0, 0.1) is 0 Å². The Bertz CT molecular complexity index is 473. The fraction of sp³-hybridized carbons (Fsp3) is 0.467. The highest BCUT2D eigenvalue weighted by Gasteiger charge is 2.21. The SMILES string of the molecule is O=C(CCS)NCC(=O)N1CCN(c2ccccc2)CC1. The molecule has 0 unspecified atom stereocenters. The van der Waals surface area contributed by atoms with Crippen molar-refractivity contribution in [3.63, 3.8) is 0 Å². The van der Waals surface area contributed by atoms with E-state index in [-0.39, 0.29) is 18.4 Å². The molecule has 1 aromatic rings. The van der Waals surface area contributed by atoms with Gasteiger partial charge in [0.25, 0.3) is 0 Å². The van der Waals surface area contributed by atoms with E-state index in [9.17, 15) is 9.59 Å². The Kier molecular flexibility index (Phi) is 5.92. The average Bonchev–Trinajstić information content (AvgIpc) is 2.54. The molecule has 0 aromatic heterocycles. The van der Waals surface area contributed by atoms with Crippen LogP contribution >= 0.6 is 12.6 Å². The van der Waals surface area contributed by atoms with Gasteiger partial charge in [0, 0.05) is 38.3 Å². The fourth-order valence-corrected chi connectivity index (χ4v) is 2.53. The summed E-state index contributed by atoms with van der Waals surface area (Å²) in [5, 5.41) is 2.63. The molecule has 1 fully saturated rings. The molecule has 1 aliphatic rings. The van der Waals surface area contributed by atoms with Crippen LogP contribution in [0.25, 0.3) is 0 Å². The number of hydrogen-bond acceptors (Lipinski definition) is 4. The molecule has 114 valence electrons. The van der Waals surface area contributed by atoms with Gasteiger partial charge in [-0.15, -0.1) is 0 Å². The van der Waals surface area contributed by atoms with Gasteiger partial charge in [0.2, 0.25) is 11.8 Å². The van der Waals surface area contributed by atoms with Crippen LogP contribution in [0.15, 0.2) is 30.3 Å². The Morgan fingerprint density at radius 1 is 1.10 bits per heavy atom. The third-order valence-electron chi connectivity index (χ3n) is 3.53. The van der Waals surface area contributed by atoms with E-state index >= 15 is 0 Å². The third kappa shape index (κ3) is 4.67. The summed E-state index contributed by atoms with van der Waals surface area (Å²) < 4.78 is 0. The van der Waals surface area contributed by atoms with Crippen LogP contribution in [-0.4, -0.2) is 55.2 Å². The van der Waals surface area contributed by atoms with Gasteiger partial charge in [0.15, 0.2) is 0 Å². The first-order valence-corrected chi connectivity index (χ1v) is 7.79. The van der Waals surface area contributed by atoms with Crippen molar-refractivity contribution in [2.75, 3.05) is 43.4 Å². The predicted molar refractivity (Wildman–Crippen MR) is 86.7 cm³/mol. The van der Waals surface area contributed by atoms with Crippen LogP contribution in [0.2, 0.25) is 0 Å². The van der Waals surface area contributed by atoms with Crippen molar-refractivity contribution in [3.05, 3.63) is 30.3 Å². The zero-order valence-corrected chi connectivity index (χ0v) is 12.9. The Morgan fingerprint density at radius 3 is 2.38 bits per heavy atom. The highest BCUT2D eigenvalue weighted by Crippen LogP contribution is 2.15. The van der Waals surface area contributed by atoms with Crippen LogP contribution in [-0.2, 0) is 9.59 Å². The molecule has 0 aliphatic carbocycles. The maximum absolute atomic E-state index is 12.0. The Balaban J connectivity index is 1.76. The molecule has 1 saturated heterocycles. The lowest BCUT2D eigenvalue weighted by Crippen LogP contribution is -2.51. The summed E-state index contributed by atoms with van der Waals surface area (Å²) in [6.45, 7) is 3.10. The quantitative estimate of drug-likeness (QED) is 0.790. The van der Waals surface area contributed by atoms with E-state index in [2.05, 4.69) is 35.0 Å². The maximum Gasteiger partial charge on any atom is 0.242 e. The predicted octanol–water partition coefficient (Wildman–Crippen LogP) is 0.771. The molecule has 0 spiro atoms. The number of nitrogens with zero attached hydrogens (tertiary/aromatic N) is 2. The Morgan fingerprint density at radius 2 is 1.76 bits per heavy atom. The first-order valence-electron chi connectivity index (χ1n) is 7.16. The molecule has 5 nitrogen and oxygen atoms in total. The Hall–Kier alpha value is -1.69. The summed E-state index contributed by atoms with van der Waals surface area (Å²) in [4.78, 5) is 27.4. The molecule has 0 atom stereocenters. The molecule has 0 saturated carbocycles. The highest BCUT2D eigenvalue weighted by atomic mass is 32.1. The van der Waals surface area contributed by atoms with Crippen LogP contribution in [0.4, 0.5) is 5.69 Å². The first-order chi connectivity index (χ1) is 10.2. The number of amides is 2. The van der Waals surface area contributed by atoms with E-state index in [0.717, 1.165) is 13.1 Å². The smallest absolute Gasteiger partial charge is 0.242 e. The summed E-state index contributed by atoms with van der Waals surface area (Å²) >= 11 is 3.99. The normalized spacial score (nSPS) is 14.9. The van der Waals surface area contributed by atoms with E-state index < -0.39 is 0 Å². The molecular weight excluding hydrogens is 286 g/mol. The third-order valence-corrected chi connectivity index (χ3v) is 3.75. The molecule has 2 rings (SSSR count). The van der Waals surface area contributed by atoms with Crippen LogP contribution in [0.5, 0.6) is 0 Å². The standard InChI is InChI=1S/C15H21N3O2S/c19-14(6-11-21)16-12-15(20)18-9-7-17(8-10-18)13-4-2-1-3-5-13/h1-5,21H,6-12H2,(H,16,19). The fourth-order valence-electron chi connectivity index (χ4n) is 2.33. The largest absolute Gasteiger partial charge is 0.368 e. The minimum Gasteiger partial charge on any atom is -0.368 e. The molecule has 21 heavy (non-hydrogen) atoms. The number of anilines is 1. The summed E-state index contributed by atoms with van der Waals surface area (Å²) in [6, 6.07) is 10.2. The molecular formula is C15H21N3O2S. The van der Waals surface area contributed by atoms with Gasteiger partial charge < -0.3 is 15.1 Å². The van der Waals surface area contributed by atoms with Gasteiger partial charge in [0.1, 0.15) is 0 Å². The number of rotatable bonds is 5. The number of nitrogens with one attached hydrogen (secondary N) is 1. The minimum atomic E-state index is -0.124. The monoisotopic (exact) mass is 307 g/mol. The van der Waals surface area contributed by atoms with Crippen molar-refractivity contribution in [3.8, 4) is 0 Å². The first kappa shape index (κ1) is 15.7. The minimum absolute atomic E-state index is 0.0183. The van der Waals surface area contributed by atoms with Crippen molar-refractivity contribution < 1.29 is 9.59 Å². The van der Waals surface area contributed by atoms with Gasteiger partial charge in [-0.3, -0.25) is 9.59 Å². The van der Waals surface area contributed by atoms with Crippen molar-refractivity contribution in [2.24, 2.45) is 0 Å². The molecule has 2 amide bonds. The summed E-state index contributed by atoms with van der Waals surface area (Å²) in [7, 11) is 0. The zero-order chi connectivity index (χ0) is 15.1. The van der Waals surface area contributed by atoms with Gasteiger partial charge >= 0.3 is 0 Å². The summed E-state index contributed by atoms with van der Waals surface area (Å²) in [6.07, 6.45) is 0.345. The maximum atomic E-state index is 12.0. The van der Waals surface area contributed by atoms with E-state index in [1.807, 2.05) is 18.2 Å². The van der Waals surface area contributed by atoms with Gasteiger partial charge in [-0.1, -0.05) is 18.2 Å². The lowest BCUT2D eigenvalue weighted by molar-refractivity contribution is -0.133. The van der Waals surface area contributed by atoms with Gasteiger partial charge in [0.05, 0.1) is 6.54 Å². The average molecular weight is 307 g/mol. The molecule has 1 aromatic carbocycles. The van der Waals surface area contributed by atoms with Gasteiger partial charge in [-0.2, -0.15) is 12.6 Å². The molecule has 0 bridgehead atoms. The number of thiol groups is 1. The number of hydrogen-bond donors (Lipinski definition) is 2. The highest BCUT2D eigenvalue weighted by molar-refractivity contribution is 7.80. The number of benzene rings is 1. The zero-order valence-electron chi connectivity index (χ0n) is 12.0. The molecule has 0 radical (unpaired) electrons. The van der Waals surface area contributed by atoms with E-state index in [1.54, 1.807) is 4.90 Å². The number of para-hydroxylation sites is 1. The number of carbonyl (C=O) groups excluding carboxylic acids is 2. The van der Waals surface area contributed by atoms with Crippen LogP contribution < -0.4 is 10.2 Å². The molecule has 1 N–H and O–H groups in total. The molecule has 6 heteroatoms. The summed E-state index contributed by atoms with van der Waals surface area (Å²) in [5.41, 5.74) is 1.19. The van der Waals surface area contributed by atoms with Crippen molar-refractivity contribution in [2.45, 2.75) is 6.42 Å². The second-order valence-corrected chi connectivity index (χ2v) is 5.40. The Labute approximate surface area is 130 Å². The topological polar surface area (TPSA) is 52.7 Å². The van der Waals surface area contributed by atoms with E-state index in [0.29, 0.717) is 25.3 Å². The number of carbonyl (C=O) groups is 2. The van der Waals surface area contributed by atoms with Crippen LogP contribution in [0.3, 0.4) is 0 Å². The van der Waals surface area contributed by atoms with E-state index in [1.165, 1.54) is 5.69 Å². The van der Waals surface area contributed by atoms with Crippen molar-refractivity contribution >= 4 is 30.1 Å². The van der Waals surface area contributed by atoms with Crippen molar-refractivity contribution in [1.82, 2.24) is 10.2 Å². The number of piperazine rings is 1. The van der Waals surface area contributed by atoms with Crippen LogP contribution in [0.1, 0.15) is 6.42 Å². The second kappa shape index (κ2) is 7.93. The van der Waals surface area contributed by atoms with Gasteiger partial charge in [-0.25, -0.2) is 0 Å². The van der Waals surface area contributed by atoms with Crippen molar-refractivity contribution in [1.29, 1.82) is 0 Å². The molecule has 1 heterocycles. The lowest BCUT2D eigenvalue weighted by Gasteiger charge is -2.36. The summed E-state index contributed by atoms with van der Waals surface area (Å²) in [5.74, 6) is 0.354.